The molecule has 0 N–H and O–H groups in total. The van der Waals surface area contributed by atoms with Crippen molar-refractivity contribution in [3.63, 3.8) is 0 Å². The molecule has 0 atom stereocenters. The molecule has 0 saturated heterocycles. The van der Waals surface area contributed by atoms with E-state index in [0.717, 1.165) is 37.8 Å². The molecule has 0 aromatic heterocycles. The second-order valence-corrected chi connectivity index (χ2v) is 4.50. The highest BCUT2D eigenvalue weighted by molar-refractivity contribution is 6.34. The molecule has 1 saturated carbocycles. The van der Waals surface area contributed by atoms with Gasteiger partial charge >= 0.3 is 0 Å². The molecule has 0 radical (unpaired) electrons. The lowest BCUT2D eigenvalue weighted by Gasteiger charge is -2.09. The Kier molecular flexibility index (Phi) is 3.24. The molecule has 1 fully saturated rings. The van der Waals surface area contributed by atoms with Crippen LogP contribution in [0.25, 0.3) is 0 Å². The topological polar surface area (TPSA) is 17.1 Å². The Morgan fingerprint density at radius 2 is 1.75 bits per heavy atom. The van der Waals surface area contributed by atoms with Crippen LogP contribution in [0.3, 0.4) is 0 Å². The van der Waals surface area contributed by atoms with Crippen LogP contribution in [0.1, 0.15) is 36.0 Å². The molecule has 0 unspecified atom stereocenters. The van der Waals surface area contributed by atoms with Gasteiger partial charge in [-0.05, 0) is 25.0 Å². The second-order valence-electron chi connectivity index (χ2n) is 4.09. The quantitative estimate of drug-likeness (QED) is 0.568. The molecule has 1 aromatic rings. The van der Waals surface area contributed by atoms with Gasteiger partial charge in [0.05, 0.1) is 5.02 Å². The lowest BCUT2D eigenvalue weighted by atomic mass is 9.96. The van der Waals surface area contributed by atoms with Crippen molar-refractivity contribution in [2.45, 2.75) is 25.7 Å². The monoisotopic (exact) mass is 244 g/mol. The van der Waals surface area contributed by atoms with Crippen molar-refractivity contribution >= 4 is 17.4 Å². The molecule has 16 heavy (non-hydrogen) atoms. The van der Waals surface area contributed by atoms with Crippen molar-refractivity contribution in [1.82, 2.24) is 0 Å². The first-order valence-corrected chi connectivity index (χ1v) is 5.66. The number of ketones is 1. The lowest BCUT2D eigenvalue weighted by Crippen LogP contribution is -2.12. The second kappa shape index (κ2) is 4.50. The SMILES string of the molecule is O=C(c1cc(F)c(F)cc1Cl)C1CCCC1. The predicted octanol–water partition coefficient (Wildman–Crippen LogP) is 3.99. The Hall–Kier alpha value is -0.960. The fourth-order valence-corrected chi connectivity index (χ4v) is 2.36. The summed E-state index contributed by atoms with van der Waals surface area (Å²) in [7, 11) is 0. The average Bonchev–Trinajstić information content (AvgIpc) is 2.75. The van der Waals surface area contributed by atoms with E-state index in [1.807, 2.05) is 0 Å². The third kappa shape index (κ3) is 2.09. The van der Waals surface area contributed by atoms with Gasteiger partial charge in [-0.25, -0.2) is 8.78 Å². The summed E-state index contributed by atoms with van der Waals surface area (Å²) in [5, 5.41) is -0.00389. The van der Waals surface area contributed by atoms with Crippen LogP contribution in [0.4, 0.5) is 8.78 Å². The zero-order valence-electron chi connectivity index (χ0n) is 8.60. The molecule has 86 valence electrons. The van der Waals surface area contributed by atoms with E-state index >= 15 is 0 Å². The van der Waals surface area contributed by atoms with Gasteiger partial charge in [0.1, 0.15) is 0 Å². The highest BCUT2D eigenvalue weighted by Gasteiger charge is 2.26. The van der Waals surface area contributed by atoms with Gasteiger partial charge in [-0.3, -0.25) is 4.79 Å². The van der Waals surface area contributed by atoms with Gasteiger partial charge in [0.25, 0.3) is 0 Å². The maximum absolute atomic E-state index is 13.0. The first kappa shape index (κ1) is 11.5. The molecule has 1 nitrogen and oxygen atoms in total. The molecule has 1 aliphatic carbocycles. The Balaban J connectivity index is 2.32. The van der Waals surface area contributed by atoms with Gasteiger partial charge in [0.15, 0.2) is 17.4 Å². The molecule has 0 spiro atoms. The standard InChI is InChI=1S/C12H11ClF2O/c13-9-6-11(15)10(14)5-8(9)12(16)7-3-1-2-4-7/h5-7H,1-4H2. The number of carbonyl (C=O) groups is 1. The summed E-state index contributed by atoms with van der Waals surface area (Å²) in [5.74, 6) is -2.29. The molecule has 1 aliphatic rings. The Morgan fingerprint density at radius 3 is 2.38 bits per heavy atom. The van der Waals surface area contributed by atoms with E-state index in [-0.39, 0.29) is 22.3 Å². The summed E-state index contributed by atoms with van der Waals surface area (Å²) >= 11 is 5.75. The predicted molar refractivity (Wildman–Crippen MR) is 57.7 cm³/mol. The number of Topliss-reactive ketones (excluding diaryl/α,β-unsaturated/α-hetero) is 1. The van der Waals surface area contributed by atoms with Crippen molar-refractivity contribution in [1.29, 1.82) is 0 Å². The van der Waals surface area contributed by atoms with E-state index in [9.17, 15) is 13.6 Å². The third-order valence-corrected chi connectivity index (χ3v) is 3.31. The van der Waals surface area contributed by atoms with Crippen molar-refractivity contribution in [2.24, 2.45) is 5.92 Å². The maximum atomic E-state index is 13.0. The number of rotatable bonds is 2. The molecule has 1 aromatic carbocycles. The maximum Gasteiger partial charge on any atom is 0.167 e. The van der Waals surface area contributed by atoms with Crippen LogP contribution in [0.15, 0.2) is 12.1 Å². The van der Waals surface area contributed by atoms with Crippen molar-refractivity contribution in [2.75, 3.05) is 0 Å². The molecule has 0 aliphatic heterocycles. The number of hydrogen-bond donors (Lipinski definition) is 0. The van der Waals surface area contributed by atoms with Crippen LogP contribution in [-0.2, 0) is 0 Å². The fraction of sp³-hybridized carbons (Fsp3) is 0.417. The summed E-state index contributed by atoms with van der Waals surface area (Å²) in [6.45, 7) is 0. The minimum atomic E-state index is -1.02. The zero-order chi connectivity index (χ0) is 11.7. The van der Waals surface area contributed by atoms with Crippen molar-refractivity contribution < 1.29 is 13.6 Å². The number of hydrogen-bond acceptors (Lipinski definition) is 1. The van der Waals surface area contributed by atoms with E-state index in [4.69, 9.17) is 11.6 Å². The van der Waals surface area contributed by atoms with Crippen LogP contribution in [-0.4, -0.2) is 5.78 Å². The van der Waals surface area contributed by atoms with E-state index in [0.29, 0.717) is 0 Å². The molecular formula is C12H11ClF2O. The van der Waals surface area contributed by atoms with Crippen LogP contribution >= 0.6 is 11.6 Å². The average molecular weight is 245 g/mol. The van der Waals surface area contributed by atoms with Gasteiger partial charge in [-0.2, -0.15) is 0 Å². The Bertz CT molecular complexity index is 425. The highest BCUT2D eigenvalue weighted by Crippen LogP contribution is 2.31. The van der Waals surface area contributed by atoms with Crippen molar-refractivity contribution in [3.05, 3.63) is 34.4 Å². The summed E-state index contributed by atoms with van der Waals surface area (Å²) in [4.78, 5) is 12.0. The smallest absolute Gasteiger partial charge is 0.167 e. The van der Waals surface area contributed by atoms with Gasteiger partial charge in [-0.1, -0.05) is 24.4 Å². The first-order chi connectivity index (χ1) is 7.59. The summed E-state index contributed by atoms with van der Waals surface area (Å²) in [6, 6.07) is 1.76. The molecule has 0 amide bonds. The number of halogens is 3. The van der Waals surface area contributed by atoms with Crippen LogP contribution in [0.5, 0.6) is 0 Å². The normalized spacial score (nSPS) is 16.7. The summed E-state index contributed by atoms with van der Waals surface area (Å²) < 4.78 is 25.9. The zero-order valence-corrected chi connectivity index (χ0v) is 9.36. The van der Waals surface area contributed by atoms with E-state index < -0.39 is 11.6 Å². The molecule has 2 rings (SSSR count). The first-order valence-electron chi connectivity index (χ1n) is 5.28. The third-order valence-electron chi connectivity index (χ3n) is 3.00. The fourth-order valence-electron chi connectivity index (χ4n) is 2.12. The van der Waals surface area contributed by atoms with Crippen molar-refractivity contribution in [3.8, 4) is 0 Å². The largest absolute Gasteiger partial charge is 0.294 e. The van der Waals surface area contributed by atoms with Gasteiger partial charge in [-0.15, -0.1) is 0 Å². The van der Waals surface area contributed by atoms with Crippen LogP contribution < -0.4 is 0 Å². The summed E-state index contributed by atoms with van der Waals surface area (Å²) in [6.07, 6.45) is 3.65. The molecule has 4 heteroatoms. The number of carbonyl (C=O) groups excluding carboxylic acids is 1. The van der Waals surface area contributed by atoms with Gasteiger partial charge in [0.2, 0.25) is 0 Å². The lowest BCUT2D eigenvalue weighted by molar-refractivity contribution is 0.0922. The van der Waals surface area contributed by atoms with Crippen LogP contribution in [0, 0.1) is 17.6 Å². The van der Waals surface area contributed by atoms with E-state index in [2.05, 4.69) is 0 Å². The minimum absolute atomic E-state index is 0.00389. The van der Waals surface area contributed by atoms with Crippen LogP contribution in [0.2, 0.25) is 5.02 Å². The summed E-state index contributed by atoms with van der Waals surface area (Å²) in [5.41, 5.74) is 0.104. The van der Waals surface area contributed by atoms with Gasteiger partial charge in [0, 0.05) is 11.5 Å². The Labute approximate surface area is 97.4 Å². The number of benzene rings is 1. The highest BCUT2D eigenvalue weighted by atomic mass is 35.5. The van der Waals surface area contributed by atoms with Gasteiger partial charge < -0.3 is 0 Å². The molecular weight excluding hydrogens is 234 g/mol. The Morgan fingerprint density at radius 1 is 1.19 bits per heavy atom. The molecule has 0 heterocycles. The van der Waals surface area contributed by atoms with E-state index in [1.54, 1.807) is 0 Å². The van der Waals surface area contributed by atoms with E-state index in [1.165, 1.54) is 0 Å². The minimum Gasteiger partial charge on any atom is -0.294 e. The molecule has 0 bridgehead atoms.